The van der Waals surface area contributed by atoms with E-state index in [9.17, 15) is 0 Å². The monoisotopic (exact) mass is 509 g/mol. The van der Waals surface area contributed by atoms with E-state index in [0.29, 0.717) is 27.3 Å². The van der Waals surface area contributed by atoms with Gasteiger partial charge in [0.1, 0.15) is 17.5 Å². The summed E-state index contributed by atoms with van der Waals surface area (Å²) in [7, 11) is 0. The van der Waals surface area contributed by atoms with Crippen molar-refractivity contribution in [2.75, 3.05) is 24.5 Å². The summed E-state index contributed by atoms with van der Waals surface area (Å²) in [5.74, 6) is 1.37. The van der Waals surface area contributed by atoms with Crippen molar-refractivity contribution in [3.05, 3.63) is 71.3 Å². The Morgan fingerprint density at radius 1 is 1.20 bits per heavy atom. The number of nitrogens with zero attached hydrogens (tertiary/aromatic N) is 5. The summed E-state index contributed by atoms with van der Waals surface area (Å²) in [5.41, 5.74) is 3.20. The number of anilines is 1. The van der Waals surface area contributed by atoms with Gasteiger partial charge >= 0.3 is 0 Å². The number of hydrogen-bond donors (Lipinski definition) is 2. The Morgan fingerprint density at radius 2 is 1.91 bits per heavy atom. The number of aromatic nitrogens is 5. The molecule has 0 spiro atoms. The van der Waals surface area contributed by atoms with Gasteiger partial charge in [-0.25, -0.2) is 9.97 Å². The van der Waals surface area contributed by atoms with Crippen LogP contribution < -0.4 is 15.0 Å². The van der Waals surface area contributed by atoms with Gasteiger partial charge in [0.05, 0.1) is 21.1 Å². The second-order valence-electron chi connectivity index (χ2n) is 8.91. The van der Waals surface area contributed by atoms with E-state index in [0.717, 1.165) is 41.8 Å². The summed E-state index contributed by atoms with van der Waals surface area (Å²) in [6, 6.07) is 5.74. The maximum absolute atomic E-state index is 6.29. The van der Waals surface area contributed by atoms with Crippen molar-refractivity contribution in [1.82, 2.24) is 30.5 Å². The molecular weight excluding hydrogens is 485 g/mol. The average Bonchev–Trinajstić information content (AvgIpc) is 3.24. The topological polar surface area (TPSA) is 91.8 Å². The fourth-order valence-electron chi connectivity index (χ4n) is 4.33. The Hall–Kier alpha value is -3.20. The third-order valence-corrected chi connectivity index (χ3v) is 6.69. The molecule has 1 aromatic carbocycles. The Bertz CT molecular complexity index is 1350. The third-order valence-electron chi connectivity index (χ3n) is 6.09. The molecule has 0 bridgehead atoms. The molecule has 0 unspecified atom stereocenters. The first-order valence-corrected chi connectivity index (χ1v) is 12.0. The normalized spacial score (nSPS) is 15.6. The van der Waals surface area contributed by atoms with Crippen LogP contribution >= 0.6 is 23.2 Å². The van der Waals surface area contributed by atoms with Crippen molar-refractivity contribution in [3.63, 3.8) is 0 Å². The fraction of sp³-hybridized carbons (Fsp3) is 0.280. The van der Waals surface area contributed by atoms with E-state index >= 15 is 0 Å². The molecule has 1 aliphatic rings. The minimum absolute atomic E-state index is 0.0485. The summed E-state index contributed by atoms with van der Waals surface area (Å²) in [6.45, 7) is 10.3. The summed E-state index contributed by atoms with van der Waals surface area (Å²) in [6.07, 6.45) is 8.23. The summed E-state index contributed by atoms with van der Waals surface area (Å²) < 4.78 is 6.16. The second-order valence-corrected chi connectivity index (χ2v) is 9.73. The maximum atomic E-state index is 6.29. The number of rotatable bonds is 8. The molecule has 1 saturated heterocycles. The molecule has 5 rings (SSSR count). The zero-order valence-electron chi connectivity index (χ0n) is 19.4. The molecule has 2 N–H and O–H groups in total. The molecule has 180 valence electrons. The summed E-state index contributed by atoms with van der Waals surface area (Å²) >= 11 is 12.6. The molecule has 1 aliphatic heterocycles. The minimum Gasteiger partial charge on any atom is -0.486 e. The smallest absolute Gasteiger partial charge is 0.225 e. The van der Waals surface area contributed by atoms with Crippen LogP contribution in [0.25, 0.3) is 22.2 Å². The van der Waals surface area contributed by atoms with E-state index in [1.165, 1.54) is 0 Å². The molecule has 0 amide bonds. The number of pyridine rings is 1. The van der Waals surface area contributed by atoms with Crippen LogP contribution in [-0.2, 0) is 0 Å². The van der Waals surface area contributed by atoms with E-state index in [1.54, 1.807) is 24.8 Å². The van der Waals surface area contributed by atoms with Crippen LogP contribution in [0.2, 0.25) is 10.0 Å². The van der Waals surface area contributed by atoms with Crippen LogP contribution in [-0.4, -0.2) is 50.3 Å². The molecule has 0 saturated carbocycles. The van der Waals surface area contributed by atoms with Crippen molar-refractivity contribution < 1.29 is 4.74 Å². The van der Waals surface area contributed by atoms with Gasteiger partial charge in [0.25, 0.3) is 0 Å². The SMILES string of the molecule is C=CCNC1(C)CN(c2ncc(-c3n[nH]c4ccc(O[C@H](C)c5c(Cl)cncc5Cl)cc34)cn2)C1. The number of ether oxygens (including phenoxy) is 1. The van der Waals surface area contributed by atoms with Gasteiger partial charge in [-0.15, -0.1) is 6.58 Å². The van der Waals surface area contributed by atoms with E-state index in [4.69, 9.17) is 27.9 Å². The van der Waals surface area contributed by atoms with Gasteiger partial charge in [-0.3, -0.25) is 10.1 Å². The van der Waals surface area contributed by atoms with Crippen molar-refractivity contribution in [3.8, 4) is 17.0 Å². The van der Waals surface area contributed by atoms with E-state index < -0.39 is 0 Å². The van der Waals surface area contributed by atoms with Gasteiger partial charge in [-0.2, -0.15) is 5.10 Å². The molecule has 10 heteroatoms. The lowest BCUT2D eigenvalue weighted by Gasteiger charge is -2.48. The van der Waals surface area contributed by atoms with E-state index in [1.807, 2.05) is 31.2 Å². The standard InChI is InChI=1S/C25H25Cl2N7O/c1-4-7-31-25(3)13-34(14-25)24-29-9-16(10-30-24)23-18-8-17(5-6-21(18)32-33-23)35-15(2)22-19(26)11-28-12-20(22)27/h4-6,8-12,15,31H,1,7,13-14H2,2-3H3,(H,32,33)/t15-/m1/s1. The Labute approximate surface area is 213 Å². The molecule has 0 radical (unpaired) electrons. The molecule has 35 heavy (non-hydrogen) atoms. The van der Waals surface area contributed by atoms with Crippen LogP contribution in [0.5, 0.6) is 5.75 Å². The van der Waals surface area contributed by atoms with Gasteiger partial charge < -0.3 is 15.0 Å². The number of benzene rings is 1. The average molecular weight is 510 g/mol. The molecule has 8 nitrogen and oxygen atoms in total. The minimum atomic E-state index is -0.364. The first kappa shape index (κ1) is 23.5. The van der Waals surface area contributed by atoms with E-state index in [2.05, 4.69) is 48.9 Å². The Balaban J connectivity index is 1.34. The molecule has 0 aliphatic carbocycles. The molecule has 3 aromatic heterocycles. The Kier molecular flexibility index (Phi) is 6.35. The first-order valence-electron chi connectivity index (χ1n) is 11.2. The fourth-order valence-corrected chi connectivity index (χ4v) is 5.01. The number of fused-ring (bicyclic) bond motifs is 1. The van der Waals surface area contributed by atoms with Crippen LogP contribution in [0.1, 0.15) is 25.5 Å². The van der Waals surface area contributed by atoms with Gasteiger partial charge in [-0.1, -0.05) is 29.3 Å². The number of halogens is 2. The number of nitrogens with one attached hydrogen (secondary N) is 2. The van der Waals surface area contributed by atoms with Gasteiger partial charge in [0.15, 0.2) is 0 Å². The molecule has 1 atom stereocenters. The highest BCUT2D eigenvalue weighted by Gasteiger charge is 2.39. The highest BCUT2D eigenvalue weighted by molar-refractivity contribution is 6.35. The molecular formula is C25H25Cl2N7O. The number of aromatic amines is 1. The van der Waals surface area contributed by atoms with Crippen molar-refractivity contribution in [2.45, 2.75) is 25.5 Å². The first-order chi connectivity index (χ1) is 16.9. The van der Waals surface area contributed by atoms with Crippen molar-refractivity contribution >= 4 is 40.1 Å². The third kappa shape index (κ3) is 4.69. The molecule has 1 fully saturated rings. The zero-order chi connectivity index (χ0) is 24.6. The predicted molar refractivity (Wildman–Crippen MR) is 139 cm³/mol. The number of H-pyrrole nitrogens is 1. The van der Waals surface area contributed by atoms with Gasteiger partial charge in [0.2, 0.25) is 5.95 Å². The van der Waals surface area contributed by atoms with Gasteiger partial charge in [-0.05, 0) is 32.0 Å². The largest absolute Gasteiger partial charge is 0.486 e. The van der Waals surface area contributed by atoms with Crippen LogP contribution in [0.3, 0.4) is 0 Å². The Morgan fingerprint density at radius 3 is 2.60 bits per heavy atom. The lowest BCUT2D eigenvalue weighted by atomic mass is 9.92. The van der Waals surface area contributed by atoms with Crippen LogP contribution in [0.15, 0.2) is 55.6 Å². The van der Waals surface area contributed by atoms with Gasteiger partial charge in [0, 0.05) is 60.9 Å². The highest BCUT2D eigenvalue weighted by atomic mass is 35.5. The van der Waals surface area contributed by atoms with Crippen molar-refractivity contribution in [1.29, 1.82) is 0 Å². The number of hydrogen-bond acceptors (Lipinski definition) is 7. The quantitative estimate of drug-likeness (QED) is 0.314. The lowest BCUT2D eigenvalue weighted by molar-refractivity contribution is 0.227. The molecule has 4 aromatic rings. The predicted octanol–water partition coefficient (Wildman–Crippen LogP) is 5.22. The summed E-state index contributed by atoms with van der Waals surface area (Å²) in [5, 5.41) is 12.9. The second kappa shape index (κ2) is 9.45. The van der Waals surface area contributed by atoms with Crippen molar-refractivity contribution in [2.24, 2.45) is 0 Å². The highest BCUT2D eigenvalue weighted by Crippen LogP contribution is 2.35. The zero-order valence-corrected chi connectivity index (χ0v) is 20.9. The van der Waals surface area contributed by atoms with Crippen LogP contribution in [0.4, 0.5) is 5.95 Å². The van der Waals surface area contributed by atoms with Crippen LogP contribution in [0, 0.1) is 0 Å². The summed E-state index contributed by atoms with van der Waals surface area (Å²) in [4.78, 5) is 15.3. The maximum Gasteiger partial charge on any atom is 0.225 e. The molecule has 4 heterocycles. The van der Waals surface area contributed by atoms with E-state index in [-0.39, 0.29) is 11.6 Å². The lowest BCUT2D eigenvalue weighted by Crippen LogP contribution is -2.68.